The molecule has 4 aromatic rings. The number of hydrogen-bond donors (Lipinski definition) is 5. The predicted molar refractivity (Wildman–Crippen MR) is 147 cm³/mol. The molecule has 3 heterocycles. The van der Waals surface area contributed by atoms with Gasteiger partial charge in [0, 0.05) is 53.6 Å². The summed E-state index contributed by atoms with van der Waals surface area (Å²) < 4.78 is 0. The van der Waals surface area contributed by atoms with Gasteiger partial charge in [-0.3, -0.25) is 4.79 Å². The lowest BCUT2D eigenvalue weighted by Gasteiger charge is -2.27. The normalized spacial score (nSPS) is 12.9. The molecule has 5 rings (SSSR count). The van der Waals surface area contributed by atoms with E-state index in [9.17, 15) is 4.79 Å². The van der Waals surface area contributed by atoms with Crippen LogP contribution >= 0.6 is 11.6 Å². The number of H-pyrrole nitrogens is 1. The molecule has 1 fully saturated rings. The number of aromatic nitrogens is 3. The van der Waals surface area contributed by atoms with E-state index in [0.717, 1.165) is 42.0 Å². The first-order valence-electron chi connectivity index (χ1n) is 11.9. The Kier molecular flexibility index (Phi) is 6.82. The lowest BCUT2D eigenvalue weighted by atomic mass is 10.0. The Balaban J connectivity index is 1.51. The van der Waals surface area contributed by atoms with Crippen LogP contribution in [0, 0.1) is 24.7 Å². The molecule has 1 saturated heterocycles. The topological polar surface area (TPSA) is 135 Å². The highest BCUT2D eigenvalue weighted by Crippen LogP contribution is 2.33. The summed E-state index contributed by atoms with van der Waals surface area (Å²) in [6.45, 7) is 4.94. The Hall–Kier alpha value is -4.32. The molecular formula is C28H26ClN7O. The summed E-state index contributed by atoms with van der Waals surface area (Å²) in [5, 5.41) is 7.29. The molecule has 2 aromatic carbocycles. The van der Waals surface area contributed by atoms with Gasteiger partial charge in [0.05, 0.1) is 22.5 Å². The highest BCUT2D eigenvalue weighted by atomic mass is 35.5. The summed E-state index contributed by atoms with van der Waals surface area (Å²) in [4.78, 5) is 24.2. The van der Waals surface area contributed by atoms with Gasteiger partial charge in [-0.15, -0.1) is 0 Å². The van der Waals surface area contributed by atoms with E-state index in [1.807, 2.05) is 37.3 Å². The average molecular weight is 512 g/mol. The van der Waals surface area contributed by atoms with Crippen molar-refractivity contribution < 1.29 is 4.79 Å². The standard InChI is InChI=1S/C28H26ClN7O/c1-16-5-8-20(29)10-22(16)26-23(27(30)37)11-24(35-26)25-19(15-34-28(31)36-25)7-6-17-3-2-4-21(9-17)33-14-18-12-32-13-18/h2-5,8-11,15,18,32-33,35H,12-14H2,1H3,(H2,30,37)(H2,31,34,36). The number of carbonyl (C=O) groups is 1. The fraction of sp³-hybridized carbons (Fsp3) is 0.179. The molecule has 2 aromatic heterocycles. The first kappa shape index (κ1) is 24.4. The second kappa shape index (κ2) is 10.3. The van der Waals surface area contributed by atoms with Gasteiger partial charge in [-0.05, 0) is 48.9 Å². The van der Waals surface area contributed by atoms with Gasteiger partial charge in [-0.25, -0.2) is 9.97 Å². The molecule has 0 saturated carbocycles. The molecule has 0 aliphatic carbocycles. The van der Waals surface area contributed by atoms with Crippen LogP contribution in [0.5, 0.6) is 0 Å². The first-order chi connectivity index (χ1) is 17.9. The van der Waals surface area contributed by atoms with Gasteiger partial charge >= 0.3 is 0 Å². The molecule has 37 heavy (non-hydrogen) atoms. The maximum Gasteiger partial charge on any atom is 0.250 e. The number of amides is 1. The van der Waals surface area contributed by atoms with Crippen LogP contribution in [0.25, 0.3) is 22.6 Å². The summed E-state index contributed by atoms with van der Waals surface area (Å²) >= 11 is 6.23. The van der Waals surface area contributed by atoms with Crippen molar-refractivity contribution in [2.24, 2.45) is 11.7 Å². The summed E-state index contributed by atoms with van der Waals surface area (Å²) in [6.07, 6.45) is 1.57. The van der Waals surface area contributed by atoms with Crippen molar-refractivity contribution in [2.75, 3.05) is 30.7 Å². The van der Waals surface area contributed by atoms with Crippen molar-refractivity contribution in [3.63, 3.8) is 0 Å². The molecule has 1 aliphatic rings. The second-order valence-electron chi connectivity index (χ2n) is 9.02. The van der Waals surface area contributed by atoms with E-state index in [1.54, 1.807) is 24.4 Å². The van der Waals surface area contributed by atoms with Crippen LogP contribution < -0.4 is 22.1 Å². The van der Waals surface area contributed by atoms with Crippen LogP contribution in [-0.4, -0.2) is 40.5 Å². The lowest BCUT2D eigenvalue weighted by molar-refractivity contribution is 0.100. The van der Waals surface area contributed by atoms with Crippen LogP contribution in [0.2, 0.25) is 5.02 Å². The van der Waals surface area contributed by atoms with Crippen LogP contribution in [-0.2, 0) is 0 Å². The Labute approximate surface area is 219 Å². The molecule has 0 bridgehead atoms. The summed E-state index contributed by atoms with van der Waals surface area (Å²) in [6, 6.07) is 15.1. The van der Waals surface area contributed by atoms with Crippen molar-refractivity contribution in [3.8, 4) is 34.5 Å². The van der Waals surface area contributed by atoms with Gasteiger partial charge in [0.1, 0.15) is 5.69 Å². The third-order valence-corrected chi connectivity index (χ3v) is 6.51. The number of halogens is 1. The summed E-state index contributed by atoms with van der Waals surface area (Å²) in [5.41, 5.74) is 17.7. The number of anilines is 2. The fourth-order valence-electron chi connectivity index (χ4n) is 4.15. The number of nitrogen functional groups attached to an aromatic ring is 1. The molecule has 186 valence electrons. The largest absolute Gasteiger partial charge is 0.385 e. The monoisotopic (exact) mass is 511 g/mol. The zero-order valence-electron chi connectivity index (χ0n) is 20.2. The minimum Gasteiger partial charge on any atom is -0.385 e. The highest BCUT2D eigenvalue weighted by Gasteiger charge is 2.20. The molecule has 1 amide bonds. The Morgan fingerprint density at radius 2 is 2.03 bits per heavy atom. The van der Waals surface area contributed by atoms with E-state index in [2.05, 4.69) is 37.4 Å². The van der Waals surface area contributed by atoms with Gasteiger partial charge in [0.2, 0.25) is 5.95 Å². The molecular weight excluding hydrogens is 486 g/mol. The molecule has 0 radical (unpaired) electrons. The molecule has 8 nitrogen and oxygen atoms in total. The van der Waals surface area contributed by atoms with E-state index in [0.29, 0.717) is 39.1 Å². The van der Waals surface area contributed by atoms with E-state index in [-0.39, 0.29) is 5.95 Å². The minimum atomic E-state index is -0.575. The van der Waals surface area contributed by atoms with E-state index in [4.69, 9.17) is 23.1 Å². The smallest absolute Gasteiger partial charge is 0.250 e. The molecule has 0 spiro atoms. The van der Waals surface area contributed by atoms with Crippen LogP contribution in [0.3, 0.4) is 0 Å². The number of rotatable bonds is 6. The number of nitrogens with two attached hydrogens (primary N) is 2. The van der Waals surface area contributed by atoms with Crippen LogP contribution in [0.1, 0.15) is 27.0 Å². The average Bonchev–Trinajstić information content (AvgIpc) is 3.30. The molecule has 7 N–H and O–H groups in total. The maximum absolute atomic E-state index is 12.3. The molecule has 0 atom stereocenters. The molecule has 0 unspecified atom stereocenters. The van der Waals surface area contributed by atoms with Crippen molar-refractivity contribution >= 4 is 29.1 Å². The summed E-state index contributed by atoms with van der Waals surface area (Å²) in [7, 11) is 0. The predicted octanol–water partition coefficient (Wildman–Crippen LogP) is 3.81. The number of hydrogen-bond acceptors (Lipinski definition) is 6. The van der Waals surface area contributed by atoms with Crippen LogP contribution in [0.15, 0.2) is 54.7 Å². The molecule has 1 aliphatic heterocycles. The quantitative estimate of drug-likeness (QED) is 0.250. The SMILES string of the molecule is Cc1ccc(Cl)cc1-c1[nH]c(-c2nc(N)ncc2C#Cc2cccc(NCC3CNC3)c2)cc1C(N)=O. The van der Waals surface area contributed by atoms with Crippen molar-refractivity contribution in [1.29, 1.82) is 0 Å². The maximum atomic E-state index is 12.3. The number of aromatic amines is 1. The first-order valence-corrected chi connectivity index (χ1v) is 12.2. The third-order valence-electron chi connectivity index (χ3n) is 6.28. The van der Waals surface area contributed by atoms with Gasteiger partial charge in [-0.2, -0.15) is 0 Å². The van der Waals surface area contributed by atoms with Gasteiger partial charge in [-0.1, -0.05) is 35.6 Å². The zero-order valence-corrected chi connectivity index (χ0v) is 21.0. The Morgan fingerprint density at radius 3 is 2.78 bits per heavy atom. The van der Waals surface area contributed by atoms with Crippen molar-refractivity contribution in [2.45, 2.75) is 6.92 Å². The summed E-state index contributed by atoms with van der Waals surface area (Å²) in [5.74, 6) is 6.52. The van der Waals surface area contributed by atoms with Crippen molar-refractivity contribution in [1.82, 2.24) is 20.3 Å². The number of nitrogens with one attached hydrogen (secondary N) is 3. The zero-order chi connectivity index (χ0) is 25.9. The lowest BCUT2D eigenvalue weighted by Crippen LogP contribution is -2.45. The number of benzene rings is 2. The fourth-order valence-corrected chi connectivity index (χ4v) is 4.32. The van der Waals surface area contributed by atoms with E-state index >= 15 is 0 Å². The minimum absolute atomic E-state index is 0.0907. The highest BCUT2D eigenvalue weighted by molar-refractivity contribution is 6.31. The Morgan fingerprint density at radius 1 is 1.19 bits per heavy atom. The number of carbonyl (C=O) groups excluding carboxylic acids is 1. The number of aryl methyl sites for hydroxylation is 1. The Bertz CT molecular complexity index is 1550. The second-order valence-corrected chi connectivity index (χ2v) is 9.46. The number of nitrogens with zero attached hydrogens (tertiary/aromatic N) is 2. The van der Waals surface area contributed by atoms with E-state index in [1.165, 1.54) is 0 Å². The van der Waals surface area contributed by atoms with Gasteiger partial charge in [0.25, 0.3) is 5.91 Å². The third kappa shape index (κ3) is 5.43. The van der Waals surface area contributed by atoms with Crippen molar-refractivity contribution in [3.05, 3.63) is 82.0 Å². The van der Waals surface area contributed by atoms with Gasteiger partial charge < -0.3 is 27.1 Å². The number of primary amides is 1. The molecule has 9 heteroatoms. The van der Waals surface area contributed by atoms with E-state index < -0.39 is 5.91 Å². The van der Waals surface area contributed by atoms with Crippen LogP contribution in [0.4, 0.5) is 11.6 Å². The van der Waals surface area contributed by atoms with Gasteiger partial charge in [0.15, 0.2) is 0 Å².